The van der Waals surface area contributed by atoms with Gasteiger partial charge >= 0.3 is 0 Å². The zero-order valence-electron chi connectivity index (χ0n) is 13.1. The van der Waals surface area contributed by atoms with Crippen molar-refractivity contribution >= 4 is 27.9 Å². The molecular weight excluding hydrogens is 380 g/mol. The van der Waals surface area contributed by atoms with Gasteiger partial charge in [-0.05, 0) is 66.2 Å². The van der Waals surface area contributed by atoms with E-state index < -0.39 is 5.82 Å². The van der Waals surface area contributed by atoms with Crippen LogP contribution in [0.4, 0.5) is 8.78 Å². The summed E-state index contributed by atoms with van der Waals surface area (Å²) >= 11 is 4.80. The SMILES string of the molecule is C[C@H]1CCC(C2=CCCC=C2)SN1Cc1cc(F)c(Br)cc1F. The van der Waals surface area contributed by atoms with Gasteiger partial charge < -0.3 is 0 Å². The topological polar surface area (TPSA) is 3.24 Å². The summed E-state index contributed by atoms with van der Waals surface area (Å²) in [6, 6.07) is 2.87. The van der Waals surface area contributed by atoms with Crippen molar-refractivity contribution in [1.82, 2.24) is 4.31 Å². The summed E-state index contributed by atoms with van der Waals surface area (Å²) in [5.41, 5.74) is 1.79. The maximum Gasteiger partial charge on any atom is 0.137 e. The molecule has 2 atom stereocenters. The Morgan fingerprint density at radius 1 is 1.22 bits per heavy atom. The minimum atomic E-state index is -0.412. The van der Waals surface area contributed by atoms with Crippen LogP contribution in [0.3, 0.4) is 0 Å². The number of hydrogen-bond donors (Lipinski definition) is 0. The molecular formula is C18H20BrF2NS. The largest absolute Gasteiger partial charge is 0.243 e. The molecule has 1 nitrogen and oxygen atoms in total. The number of allylic oxidation sites excluding steroid dienone is 3. The van der Waals surface area contributed by atoms with Gasteiger partial charge in [-0.3, -0.25) is 0 Å². The zero-order valence-corrected chi connectivity index (χ0v) is 15.5. The highest BCUT2D eigenvalue weighted by atomic mass is 79.9. The van der Waals surface area contributed by atoms with E-state index in [1.54, 1.807) is 11.9 Å². The third-order valence-electron chi connectivity index (χ3n) is 4.41. The normalized spacial score (nSPS) is 25.5. The first kappa shape index (κ1) is 17.2. The Morgan fingerprint density at radius 2 is 2.04 bits per heavy atom. The highest BCUT2D eigenvalue weighted by Gasteiger charge is 2.29. The van der Waals surface area contributed by atoms with Crippen LogP contribution in [0.5, 0.6) is 0 Å². The van der Waals surface area contributed by atoms with Crippen LogP contribution in [0.2, 0.25) is 0 Å². The van der Waals surface area contributed by atoms with Gasteiger partial charge in [0.2, 0.25) is 0 Å². The molecule has 2 aliphatic rings. The van der Waals surface area contributed by atoms with Crippen molar-refractivity contribution in [3.63, 3.8) is 0 Å². The van der Waals surface area contributed by atoms with E-state index in [0.717, 1.165) is 25.7 Å². The molecule has 0 radical (unpaired) electrons. The lowest BCUT2D eigenvalue weighted by Crippen LogP contribution is -2.35. The minimum Gasteiger partial charge on any atom is -0.243 e. The minimum absolute atomic E-state index is 0.175. The van der Waals surface area contributed by atoms with Gasteiger partial charge in [0, 0.05) is 23.4 Å². The fourth-order valence-corrected chi connectivity index (χ4v) is 4.71. The monoisotopic (exact) mass is 399 g/mol. The predicted molar refractivity (Wildman–Crippen MR) is 96.1 cm³/mol. The first-order chi connectivity index (χ1) is 11.0. The van der Waals surface area contributed by atoms with E-state index in [0.29, 0.717) is 23.4 Å². The number of nitrogens with zero attached hydrogens (tertiary/aromatic N) is 1. The maximum absolute atomic E-state index is 14.1. The Morgan fingerprint density at radius 3 is 2.78 bits per heavy atom. The maximum atomic E-state index is 14.1. The molecule has 23 heavy (non-hydrogen) atoms. The van der Waals surface area contributed by atoms with E-state index in [1.165, 1.54) is 17.7 Å². The molecule has 1 aliphatic carbocycles. The van der Waals surface area contributed by atoms with Gasteiger partial charge in [-0.2, -0.15) is 0 Å². The number of hydrogen-bond acceptors (Lipinski definition) is 2. The molecule has 0 saturated carbocycles. The van der Waals surface area contributed by atoms with Crippen LogP contribution in [0.1, 0.15) is 38.2 Å². The first-order valence-electron chi connectivity index (χ1n) is 7.98. The Hall–Kier alpha value is -0.650. The number of halogens is 3. The van der Waals surface area contributed by atoms with E-state index in [9.17, 15) is 8.78 Å². The quantitative estimate of drug-likeness (QED) is 0.452. The van der Waals surface area contributed by atoms with Crippen molar-refractivity contribution in [2.45, 2.75) is 50.4 Å². The summed E-state index contributed by atoms with van der Waals surface area (Å²) in [6.07, 6.45) is 11.2. The van der Waals surface area contributed by atoms with Crippen molar-refractivity contribution in [3.05, 3.63) is 57.6 Å². The van der Waals surface area contributed by atoms with Crippen molar-refractivity contribution < 1.29 is 8.78 Å². The summed E-state index contributed by atoms with van der Waals surface area (Å²) < 4.78 is 30.2. The zero-order chi connectivity index (χ0) is 16.4. The lowest BCUT2D eigenvalue weighted by molar-refractivity contribution is 0.320. The van der Waals surface area contributed by atoms with Crippen LogP contribution < -0.4 is 0 Å². The Balaban J connectivity index is 1.74. The van der Waals surface area contributed by atoms with Gasteiger partial charge in [0.05, 0.1) is 4.47 Å². The Labute approximate surface area is 149 Å². The molecule has 0 amide bonds. The van der Waals surface area contributed by atoms with Crippen molar-refractivity contribution in [1.29, 1.82) is 0 Å². The highest BCUT2D eigenvalue weighted by Crippen LogP contribution is 2.38. The van der Waals surface area contributed by atoms with Crippen LogP contribution in [0, 0.1) is 11.6 Å². The van der Waals surface area contributed by atoms with Gasteiger partial charge in [-0.15, -0.1) is 0 Å². The summed E-state index contributed by atoms with van der Waals surface area (Å²) in [6.45, 7) is 2.58. The molecule has 1 aliphatic heterocycles. The second-order valence-corrected chi connectivity index (χ2v) is 8.24. The number of rotatable bonds is 3. The number of benzene rings is 1. The van der Waals surface area contributed by atoms with E-state index >= 15 is 0 Å². The molecule has 0 bridgehead atoms. The molecule has 1 heterocycles. The van der Waals surface area contributed by atoms with E-state index in [4.69, 9.17) is 0 Å². The molecule has 5 heteroatoms. The average Bonchev–Trinajstić information content (AvgIpc) is 2.55. The third-order valence-corrected chi connectivity index (χ3v) is 6.54. The van der Waals surface area contributed by atoms with Gasteiger partial charge in [-0.1, -0.05) is 30.2 Å². The van der Waals surface area contributed by atoms with Crippen LogP contribution >= 0.6 is 27.9 Å². The average molecular weight is 400 g/mol. The van der Waals surface area contributed by atoms with Crippen molar-refractivity contribution in [3.8, 4) is 0 Å². The highest BCUT2D eigenvalue weighted by molar-refractivity contribution is 9.10. The molecule has 0 aromatic heterocycles. The van der Waals surface area contributed by atoms with Crippen molar-refractivity contribution in [2.24, 2.45) is 0 Å². The van der Waals surface area contributed by atoms with Crippen molar-refractivity contribution in [2.75, 3.05) is 0 Å². The smallest absolute Gasteiger partial charge is 0.137 e. The molecule has 3 rings (SSSR count). The third kappa shape index (κ3) is 4.06. The fourth-order valence-electron chi connectivity index (χ4n) is 3.00. The molecule has 124 valence electrons. The lowest BCUT2D eigenvalue weighted by atomic mass is 9.99. The Bertz CT molecular complexity index is 644. The Kier molecular flexibility index (Phi) is 5.60. The van der Waals surface area contributed by atoms with Crippen LogP contribution in [-0.4, -0.2) is 15.6 Å². The predicted octanol–water partition coefficient (Wildman–Crippen LogP) is 6.00. The second-order valence-electron chi connectivity index (χ2n) is 6.14. The van der Waals surface area contributed by atoms with Gasteiger partial charge in [0.1, 0.15) is 11.6 Å². The van der Waals surface area contributed by atoms with Crippen LogP contribution in [0.15, 0.2) is 40.4 Å². The first-order valence-corrected chi connectivity index (χ1v) is 9.61. The summed E-state index contributed by atoms with van der Waals surface area (Å²) in [5, 5.41) is 0.422. The van der Waals surface area contributed by atoms with E-state index in [2.05, 4.69) is 45.4 Å². The molecule has 1 unspecified atom stereocenters. The lowest BCUT2D eigenvalue weighted by Gasteiger charge is -2.37. The summed E-state index contributed by atoms with van der Waals surface area (Å²) in [5.74, 6) is -0.768. The van der Waals surface area contributed by atoms with Gasteiger partial charge in [0.15, 0.2) is 0 Å². The second kappa shape index (κ2) is 7.49. The van der Waals surface area contributed by atoms with Crippen LogP contribution in [-0.2, 0) is 6.54 Å². The molecule has 1 aromatic rings. The molecule has 1 aromatic carbocycles. The molecule has 0 spiro atoms. The molecule has 0 N–H and O–H groups in total. The summed E-state index contributed by atoms with van der Waals surface area (Å²) in [4.78, 5) is 0. The fraction of sp³-hybridized carbons (Fsp3) is 0.444. The standard InChI is InChI=1S/C18H20BrF2NS/c1-12-7-8-18(13-5-3-2-4-6-13)23-22(12)11-14-9-17(21)15(19)10-16(14)20/h3,5-6,9-10,12,18H,2,4,7-8,11H2,1H3/t12-,18?/m0/s1. The summed E-state index contributed by atoms with van der Waals surface area (Å²) in [7, 11) is 0. The van der Waals surface area contributed by atoms with Gasteiger partial charge in [-0.25, -0.2) is 13.1 Å². The van der Waals surface area contributed by atoms with E-state index in [-0.39, 0.29) is 10.3 Å². The van der Waals surface area contributed by atoms with Crippen LogP contribution in [0.25, 0.3) is 0 Å². The van der Waals surface area contributed by atoms with Gasteiger partial charge in [0.25, 0.3) is 0 Å². The van der Waals surface area contributed by atoms with E-state index in [1.807, 2.05) is 0 Å². The molecule has 1 saturated heterocycles. The molecule has 1 fully saturated rings.